The summed E-state index contributed by atoms with van der Waals surface area (Å²) in [6.45, 7) is 0.556. The summed E-state index contributed by atoms with van der Waals surface area (Å²) in [4.78, 5) is 38.5. The molecule has 2 aromatic carbocycles. The normalized spacial score (nSPS) is 10.5. The number of halogens is 2. The van der Waals surface area contributed by atoms with Crippen molar-refractivity contribution < 1.29 is 18.4 Å². The first-order valence-electron chi connectivity index (χ1n) is 9.44. The topological polar surface area (TPSA) is 84.3 Å². The van der Waals surface area contributed by atoms with Gasteiger partial charge >= 0.3 is 0 Å². The minimum absolute atomic E-state index is 0.0395. The molecular formula is C22H20F2N4O3. The molecule has 0 saturated carbocycles. The Bertz CT molecular complexity index is 1160. The van der Waals surface area contributed by atoms with E-state index in [9.17, 15) is 23.2 Å². The second kappa shape index (κ2) is 9.75. The molecule has 0 unspecified atom stereocenters. The smallest absolute Gasteiger partial charge is 0.267 e. The van der Waals surface area contributed by atoms with Crippen LogP contribution in [0.1, 0.15) is 11.3 Å². The third-order valence-electron chi connectivity index (χ3n) is 4.44. The van der Waals surface area contributed by atoms with Gasteiger partial charge in [0.15, 0.2) is 0 Å². The van der Waals surface area contributed by atoms with Crippen LogP contribution in [-0.2, 0) is 22.7 Å². The highest BCUT2D eigenvalue weighted by Crippen LogP contribution is 2.14. The van der Waals surface area contributed by atoms with Crippen molar-refractivity contribution in [3.05, 3.63) is 93.9 Å². The van der Waals surface area contributed by atoms with Crippen molar-refractivity contribution in [2.24, 2.45) is 0 Å². The van der Waals surface area contributed by atoms with Gasteiger partial charge in [-0.3, -0.25) is 14.4 Å². The number of hydrogen-bond acceptors (Lipinski definition) is 4. The largest absolute Gasteiger partial charge is 0.327 e. The zero-order valence-electron chi connectivity index (χ0n) is 16.7. The lowest BCUT2D eigenvalue weighted by atomic mass is 10.2. The molecule has 3 aromatic rings. The number of aryl methyl sites for hydroxylation is 1. The van der Waals surface area contributed by atoms with E-state index >= 15 is 0 Å². The Balaban J connectivity index is 1.81. The Morgan fingerprint density at radius 3 is 2.39 bits per heavy atom. The molecule has 3 rings (SSSR count). The third kappa shape index (κ3) is 5.81. The van der Waals surface area contributed by atoms with E-state index in [1.54, 1.807) is 19.1 Å². The van der Waals surface area contributed by atoms with Gasteiger partial charge in [-0.15, -0.1) is 0 Å². The molecule has 0 saturated heterocycles. The van der Waals surface area contributed by atoms with E-state index in [4.69, 9.17) is 0 Å². The van der Waals surface area contributed by atoms with Crippen molar-refractivity contribution in [3.63, 3.8) is 0 Å². The average molecular weight is 426 g/mol. The van der Waals surface area contributed by atoms with Crippen LogP contribution >= 0.6 is 0 Å². The summed E-state index contributed by atoms with van der Waals surface area (Å²) in [7, 11) is 0. The minimum atomic E-state index is -0.667. The monoisotopic (exact) mass is 426 g/mol. The molecular weight excluding hydrogens is 406 g/mol. The number of amides is 2. The molecule has 0 spiro atoms. The molecule has 0 aliphatic carbocycles. The molecule has 0 radical (unpaired) electrons. The Labute approximate surface area is 176 Å². The highest BCUT2D eigenvalue weighted by Gasteiger charge is 2.21. The molecule has 1 N–H and O–H groups in total. The van der Waals surface area contributed by atoms with Gasteiger partial charge in [-0.05, 0) is 31.2 Å². The highest BCUT2D eigenvalue weighted by molar-refractivity contribution is 5.94. The van der Waals surface area contributed by atoms with Crippen molar-refractivity contribution in [2.45, 2.75) is 20.0 Å². The summed E-state index contributed by atoms with van der Waals surface area (Å²) in [6.07, 6.45) is 0. The van der Waals surface area contributed by atoms with Crippen LogP contribution in [0.5, 0.6) is 0 Å². The Hall–Kier alpha value is -3.88. The molecule has 1 heterocycles. The van der Waals surface area contributed by atoms with E-state index in [-0.39, 0.29) is 17.8 Å². The molecule has 0 atom stereocenters. The number of para-hydroxylation sites is 1. The maximum Gasteiger partial charge on any atom is 0.267 e. The number of carbonyl (C=O) groups is 2. The number of aromatic nitrogens is 2. The fourth-order valence-electron chi connectivity index (χ4n) is 2.88. The molecule has 1 aromatic heterocycles. The summed E-state index contributed by atoms with van der Waals surface area (Å²) in [5, 5.41) is 6.41. The average Bonchev–Trinajstić information content (AvgIpc) is 2.73. The van der Waals surface area contributed by atoms with Crippen LogP contribution in [0, 0.1) is 18.6 Å². The Kier molecular flexibility index (Phi) is 6.86. The van der Waals surface area contributed by atoms with E-state index in [0.29, 0.717) is 5.69 Å². The lowest BCUT2D eigenvalue weighted by Crippen LogP contribution is -2.41. The van der Waals surface area contributed by atoms with Crippen LogP contribution < -0.4 is 10.9 Å². The predicted octanol–water partition coefficient (Wildman–Crippen LogP) is 2.50. The lowest BCUT2D eigenvalue weighted by Gasteiger charge is -2.23. The second-order valence-electron chi connectivity index (χ2n) is 6.84. The predicted molar refractivity (Wildman–Crippen MR) is 110 cm³/mol. The van der Waals surface area contributed by atoms with Gasteiger partial charge in [0.25, 0.3) is 5.56 Å². The molecule has 31 heavy (non-hydrogen) atoms. The van der Waals surface area contributed by atoms with Crippen LogP contribution in [0.3, 0.4) is 0 Å². The van der Waals surface area contributed by atoms with Gasteiger partial charge in [0.05, 0.1) is 11.4 Å². The van der Waals surface area contributed by atoms with E-state index in [0.717, 1.165) is 9.58 Å². The van der Waals surface area contributed by atoms with Gasteiger partial charge in [0.1, 0.15) is 24.7 Å². The Morgan fingerprint density at radius 2 is 1.68 bits per heavy atom. The molecule has 0 aliphatic heterocycles. The number of nitrogens with one attached hydrogen (secondary N) is 1. The van der Waals surface area contributed by atoms with Crippen LogP contribution in [-0.4, -0.2) is 33.0 Å². The van der Waals surface area contributed by atoms with Crippen LogP contribution in [0.4, 0.5) is 14.5 Å². The molecule has 0 bridgehead atoms. The summed E-state index contributed by atoms with van der Waals surface area (Å²) >= 11 is 0. The molecule has 9 heteroatoms. The SMILES string of the molecule is Cc1ccc(=O)n(CC(=O)N(CC(=O)Nc2ccccc2F)Cc2ccccc2F)n1. The molecule has 2 amide bonds. The number of anilines is 1. The van der Waals surface area contributed by atoms with Gasteiger partial charge in [-0.1, -0.05) is 30.3 Å². The number of benzene rings is 2. The first-order valence-corrected chi connectivity index (χ1v) is 9.44. The van der Waals surface area contributed by atoms with Gasteiger partial charge in [-0.2, -0.15) is 5.10 Å². The van der Waals surface area contributed by atoms with Crippen molar-refractivity contribution >= 4 is 17.5 Å². The van der Waals surface area contributed by atoms with Gasteiger partial charge in [0, 0.05) is 18.2 Å². The van der Waals surface area contributed by atoms with Gasteiger partial charge in [0.2, 0.25) is 11.8 Å². The molecule has 0 fully saturated rings. The lowest BCUT2D eigenvalue weighted by molar-refractivity contribution is -0.136. The molecule has 7 nitrogen and oxygen atoms in total. The van der Waals surface area contributed by atoms with Crippen LogP contribution in [0.15, 0.2) is 65.5 Å². The van der Waals surface area contributed by atoms with Gasteiger partial charge < -0.3 is 10.2 Å². The zero-order chi connectivity index (χ0) is 22.4. The number of rotatable bonds is 7. The highest BCUT2D eigenvalue weighted by atomic mass is 19.1. The van der Waals surface area contributed by atoms with Crippen LogP contribution in [0.25, 0.3) is 0 Å². The maximum atomic E-state index is 14.1. The van der Waals surface area contributed by atoms with Crippen molar-refractivity contribution in [3.8, 4) is 0 Å². The molecule has 160 valence electrons. The van der Waals surface area contributed by atoms with Crippen molar-refractivity contribution in [2.75, 3.05) is 11.9 Å². The standard InChI is InChI=1S/C22H20F2N4O3/c1-15-10-11-21(30)28(26-15)14-22(31)27(12-16-6-2-3-7-17(16)23)13-20(29)25-19-9-5-4-8-18(19)24/h2-11H,12-14H2,1H3,(H,25,29). The number of hydrogen-bond donors (Lipinski definition) is 1. The van der Waals surface area contributed by atoms with E-state index in [2.05, 4.69) is 10.4 Å². The van der Waals surface area contributed by atoms with Crippen LogP contribution in [0.2, 0.25) is 0 Å². The van der Waals surface area contributed by atoms with E-state index < -0.39 is 42.1 Å². The third-order valence-corrected chi connectivity index (χ3v) is 4.44. The fourth-order valence-corrected chi connectivity index (χ4v) is 2.88. The summed E-state index contributed by atoms with van der Waals surface area (Å²) in [5.41, 5.74) is 0.201. The molecule has 0 aliphatic rings. The first kappa shape index (κ1) is 21.8. The van der Waals surface area contributed by atoms with Crippen molar-refractivity contribution in [1.29, 1.82) is 0 Å². The Morgan fingerprint density at radius 1 is 1.00 bits per heavy atom. The summed E-state index contributed by atoms with van der Waals surface area (Å²) in [6, 6.07) is 14.2. The number of carbonyl (C=O) groups excluding carboxylic acids is 2. The van der Waals surface area contributed by atoms with E-state index in [1.807, 2.05) is 0 Å². The number of nitrogens with zero attached hydrogens (tertiary/aromatic N) is 3. The van der Waals surface area contributed by atoms with E-state index in [1.165, 1.54) is 48.5 Å². The summed E-state index contributed by atoms with van der Waals surface area (Å²) in [5.74, 6) is -2.45. The summed E-state index contributed by atoms with van der Waals surface area (Å²) < 4.78 is 28.9. The maximum absolute atomic E-state index is 14.1. The first-order chi connectivity index (χ1) is 14.8. The zero-order valence-corrected chi connectivity index (χ0v) is 16.7. The fraction of sp³-hybridized carbons (Fsp3) is 0.182. The quantitative estimate of drug-likeness (QED) is 0.629. The van der Waals surface area contributed by atoms with Gasteiger partial charge in [-0.25, -0.2) is 13.5 Å². The van der Waals surface area contributed by atoms with Crippen molar-refractivity contribution in [1.82, 2.24) is 14.7 Å². The second-order valence-corrected chi connectivity index (χ2v) is 6.84. The minimum Gasteiger partial charge on any atom is -0.327 e.